The highest BCUT2D eigenvalue weighted by Gasteiger charge is 2.23. The fraction of sp³-hybridized carbons (Fsp3) is 0.316. The number of hydrogen-bond acceptors (Lipinski definition) is 3. The average Bonchev–Trinajstić information content (AvgIpc) is 2.52. The number of sulfonamides is 1. The fourth-order valence-electron chi connectivity index (χ4n) is 2.62. The first-order valence-corrected chi connectivity index (χ1v) is 9.41. The summed E-state index contributed by atoms with van der Waals surface area (Å²) < 4.78 is 26.2. The van der Waals surface area contributed by atoms with Crippen LogP contribution in [0.25, 0.3) is 0 Å². The van der Waals surface area contributed by atoms with Crippen LogP contribution in [-0.2, 0) is 10.0 Å². The molecular formula is C19H24N2O3S. The topological polar surface area (TPSA) is 66.5 Å². The van der Waals surface area contributed by atoms with Gasteiger partial charge in [0.15, 0.2) is 0 Å². The van der Waals surface area contributed by atoms with Crippen LogP contribution < -0.4 is 5.32 Å². The van der Waals surface area contributed by atoms with Crippen LogP contribution in [0.1, 0.15) is 32.6 Å². The monoisotopic (exact) mass is 360 g/mol. The first-order valence-electron chi connectivity index (χ1n) is 7.97. The average molecular weight is 360 g/mol. The minimum absolute atomic E-state index is 0.157. The molecule has 0 atom stereocenters. The molecule has 0 radical (unpaired) electrons. The summed E-state index contributed by atoms with van der Waals surface area (Å²) in [6.07, 6.45) is 0. The van der Waals surface area contributed by atoms with Gasteiger partial charge in [-0.1, -0.05) is 18.2 Å². The Hall–Kier alpha value is -2.18. The molecule has 0 aliphatic rings. The number of aryl methyl sites for hydroxylation is 3. The van der Waals surface area contributed by atoms with Crippen LogP contribution in [0.2, 0.25) is 0 Å². The van der Waals surface area contributed by atoms with Crippen molar-refractivity contribution in [1.29, 1.82) is 0 Å². The predicted octanol–water partition coefficient (Wildman–Crippen LogP) is 3.42. The van der Waals surface area contributed by atoms with Crippen LogP contribution in [0.4, 0.5) is 5.69 Å². The van der Waals surface area contributed by atoms with E-state index in [1.807, 2.05) is 32.0 Å². The summed E-state index contributed by atoms with van der Waals surface area (Å²) in [5, 5.41) is 2.90. The zero-order valence-corrected chi connectivity index (χ0v) is 16.3. The van der Waals surface area contributed by atoms with Gasteiger partial charge in [-0.25, -0.2) is 12.7 Å². The van der Waals surface area contributed by atoms with E-state index in [1.165, 1.54) is 20.2 Å². The summed E-state index contributed by atoms with van der Waals surface area (Å²) in [5.41, 5.74) is 4.40. The summed E-state index contributed by atoms with van der Waals surface area (Å²) in [5.74, 6) is -0.323. The van der Waals surface area contributed by atoms with Gasteiger partial charge >= 0.3 is 0 Å². The number of rotatable bonds is 4. The third-order valence-corrected chi connectivity index (χ3v) is 6.30. The molecule has 0 fully saturated rings. The number of carbonyl (C=O) groups is 1. The molecule has 0 aromatic heterocycles. The van der Waals surface area contributed by atoms with Gasteiger partial charge < -0.3 is 5.32 Å². The zero-order chi connectivity index (χ0) is 18.9. The molecule has 0 unspecified atom stereocenters. The van der Waals surface area contributed by atoms with Crippen molar-refractivity contribution in [1.82, 2.24) is 4.31 Å². The predicted molar refractivity (Wildman–Crippen MR) is 101 cm³/mol. The maximum absolute atomic E-state index is 12.7. The molecule has 6 heteroatoms. The zero-order valence-electron chi connectivity index (χ0n) is 15.5. The summed E-state index contributed by atoms with van der Waals surface area (Å²) in [7, 11) is -0.663. The molecule has 0 bridgehead atoms. The third-order valence-electron chi connectivity index (χ3n) is 4.36. The van der Waals surface area contributed by atoms with E-state index < -0.39 is 10.0 Å². The van der Waals surface area contributed by atoms with Gasteiger partial charge in [0.2, 0.25) is 10.0 Å². The molecule has 25 heavy (non-hydrogen) atoms. The van der Waals surface area contributed by atoms with E-state index in [9.17, 15) is 13.2 Å². The fourth-order valence-corrected chi connectivity index (χ4v) is 3.84. The molecule has 0 saturated heterocycles. The van der Waals surface area contributed by atoms with Crippen molar-refractivity contribution in [3.63, 3.8) is 0 Å². The lowest BCUT2D eigenvalue weighted by atomic mass is 10.0. The minimum atomic E-state index is -3.62. The second kappa shape index (κ2) is 6.98. The number of anilines is 1. The van der Waals surface area contributed by atoms with Gasteiger partial charge in [-0.15, -0.1) is 0 Å². The van der Waals surface area contributed by atoms with E-state index in [0.29, 0.717) is 11.1 Å². The highest BCUT2D eigenvalue weighted by atomic mass is 32.2. The first kappa shape index (κ1) is 19.1. The van der Waals surface area contributed by atoms with Crippen LogP contribution >= 0.6 is 0 Å². The summed E-state index contributed by atoms with van der Waals surface area (Å²) in [4.78, 5) is 12.9. The van der Waals surface area contributed by atoms with Crippen molar-refractivity contribution >= 4 is 21.6 Å². The van der Waals surface area contributed by atoms with E-state index >= 15 is 0 Å². The molecule has 0 spiro atoms. The summed E-state index contributed by atoms with van der Waals surface area (Å²) >= 11 is 0. The van der Waals surface area contributed by atoms with E-state index in [4.69, 9.17) is 0 Å². The highest BCUT2D eigenvalue weighted by molar-refractivity contribution is 7.89. The smallest absolute Gasteiger partial charge is 0.255 e. The van der Waals surface area contributed by atoms with E-state index in [-0.39, 0.29) is 10.8 Å². The third kappa shape index (κ3) is 3.75. The molecule has 5 nitrogen and oxygen atoms in total. The van der Waals surface area contributed by atoms with Crippen LogP contribution in [0.15, 0.2) is 35.2 Å². The molecule has 2 aromatic carbocycles. The Labute approximate surface area is 149 Å². The van der Waals surface area contributed by atoms with Gasteiger partial charge in [-0.05, 0) is 62.1 Å². The molecule has 134 valence electrons. The standard InChI is InChI=1S/C19H24N2O3S/c1-12-8-7-9-13(2)18(12)20-19(22)16-10-14(3)15(4)17(11-16)25(23,24)21(5)6/h7-11H,1-6H3,(H,20,22). The maximum atomic E-state index is 12.7. The largest absolute Gasteiger partial charge is 0.322 e. The van der Waals surface area contributed by atoms with E-state index in [2.05, 4.69) is 5.32 Å². The Kier molecular flexibility index (Phi) is 5.34. The second-order valence-electron chi connectivity index (χ2n) is 6.42. The summed E-state index contributed by atoms with van der Waals surface area (Å²) in [6.45, 7) is 7.40. The number of nitrogens with zero attached hydrogens (tertiary/aromatic N) is 1. The molecule has 0 heterocycles. The van der Waals surface area contributed by atoms with Gasteiger partial charge in [0.25, 0.3) is 5.91 Å². The Balaban J connectivity index is 2.50. The van der Waals surface area contributed by atoms with Gasteiger partial charge in [0, 0.05) is 25.3 Å². The van der Waals surface area contributed by atoms with Crippen LogP contribution in [0.5, 0.6) is 0 Å². The van der Waals surface area contributed by atoms with Crippen LogP contribution in [-0.4, -0.2) is 32.7 Å². The number of benzene rings is 2. The number of nitrogens with one attached hydrogen (secondary N) is 1. The quantitative estimate of drug-likeness (QED) is 0.908. The Morgan fingerprint density at radius 1 is 0.960 bits per heavy atom. The molecule has 0 aliphatic carbocycles. The Bertz CT molecular complexity index is 912. The molecule has 1 amide bonds. The SMILES string of the molecule is Cc1cc(C(=O)Nc2c(C)cccc2C)cc(S(=O)(=O)N(C)C)c1C. The number of carbonyl (C=O) groups excluding carboxylic acids is 1. The molecule has 0 aliphatic heterocycles. The van der Waals surface area contributed by atoms with E-state index in [1.54, 1.807) is 19.9 Å². The van der Waals surface area contributed by atoms with Gasteiger partial charge in [0.05, 0.1) is 4.90 Å². The van der Waals surface area contributed by atoms with Crippen molar-refractivity contribution in [2.45, 2.75) is 32.6 Å². The minimum Gasteiger partial charge on any atom is -0.322 e. The lowest BCUT2D eigenvalue weighted by Gasteiger charge is -2.17. The lowest BCUT2D eigenvalue weighted by Crippen LogP contribution is -2.24. The van der Waals surface area contributed by atoms with Crippen molar-refractivity contribution in [3.05, 3.63) is 58.1 Å². The number of amides is 1. The van der Waals surface area contributed by atoms with Gasteiger partial charge in [-0.2, -0.15) is 0 Å². The van der Waals surface area contributed by atoms with Gasteiger partial charge in [0.1, 0.15) is 0 Å². The first-order chi connectivity index (χ1) is 11.6. The highest BCUT2D eigenvalue weighted by Crippen LogP contribution is 2.25. The molecule has 2 aromatic rings. The Morgan fingerprint density at radius 3 is 2.04 bits per heavy atom. The van der Waals surface area contributed by atoms with Gasteiger partial charge in [-0.3, -0.25) is 4.79 Å². The van der Waals surface area contributed by atoms with E-state index in [0.717, 1.165) is 26.7 Å². The van der Waals surface area contributed by atoms with Crippen molar-refractivity contribution < 1.29 is 13.2 Å². The molecule has 0 saturated carbocycles. The Morgan fingerprint density at radius 2 is 1.52 bits per heavy atom. The van der Waals surface area contributed by atoms with Crippen molar-refractivity contribution in [2.24, 2.45) is 0 Å². The summed E-state index contributed by atoms with van der Waals surface area (Å²) in [6, 6.07) is 8.93. The van der Waals surface area contributed by atoms with Crippen LogP contribution in [0, 0.1) is 27.7 Å². The molecular weight excluding hydrogens is 336 g/mol. The number of hydrogen-bond donors (Lipinski definition) is 1. The number of para-hydroxylation sites is 1. The lowest BCUT2D eigenvalue weighted by molar-refractivity contribution is 0.102. The van der Waals surface area contributed by atoms with Crippen molar-refractivity contribution in [2.75, 3.05) is 19.4 Å². The van der Waals surface area contributed by atoms with Crippen molar-refractivity contribution in [3.8, 4) is 0 Å². The molecule has 2 rings (SSSR count). The van der Waals surface area contributed by atoms with Crippen LogP contribution in [0.3, 0.4) is 0 Å². The molecule has 1 N–H and O–H groups in total. The maximum Gasteiger partial charge on any atom is 0.255 e. The normalized spacial score (nSPS) is 11.6. The second-order valence-corrected chi connectivity index (χ2v) is 8.54.